The van der Waals surface area contributed by atoms with E-state index in [2.05, 4.69) is 43.0 Å². The summed E-state index contributed by atoms with van der Waals surface area (Å²) in [4.78, 5) is 8.43. The number of anilines is 1. The van der Waals surface area contributed by atoms with E-state index < -0.39 is 0 Å². The van der Waals surface area contributed by atoms with Crippen molar-refractivity contribution in [1.29, 1.82) is 0 Å². The molecule has 0 saturated heterocycles. The number of hydrogen-bond acceptors (Lipinski definition) is 4. The topological polar surface area (TPSA) is 47.0 Å². The molecular formula is C12H20ClN3O. The van der Waals surface area contributed by atoms with Crippen LogP contribution in [0.4, 0.5) is 5.82 Å². The van der Waals surface area contributed by atoms with Crippen molar-refractivity contribution in [1.82, 2.24) is 9.97 Å². The van der Waals surface area contributed by atoms with E-state index in [1.807, 2.05) is 0 Å². The molecule has 0 aliphatic rings. The van der Waals surface area contributed by atoms with Crippen molar-refractivity contribution in [2.24, 2.45) is 5.41 Å². The van der Waals surface area contributed by atoms with Gasteiger partial charge in [-0.15, -0.1) is 0 Å². The third kappa shape index (κ3) is 4.48. The Morgan fingerprint density at radius 3 is 2.59 bits per heavy atom. The summed E-state index contributed by atoms with van der Waals surface area (Å²) in [6, 6.07) is 2.01. The molecule has 0 radical (unpaired) electrons. The zero-order valence-electron chi connectivity index (χ0n) is 11.0. The minimum absolute atomic E-state index is 0.152. The summed E-state index contributed by atoms with van der Waals surface area (Å²) in [5.74, 6) is 1.32. The second-order valence-corrected chi connectivity index (χ2v) is 5.54. The lowest BCUT2D eigenvalue weighted by molar-refractivity contribution is 0.178. The highest BCUT2D eigenvalue weighted by molar-refractivity contribution is 6.29. The Labute approximate surface area is 108 Å². The van der Waals surface area contributed by atoms with Gasteiger partial charge in [-0.2, -0.15) is 0 Å². The summed E-state index contributed by atoms with van der Waals surface area (Å²) in [5, 5.41) is 3.76. The summed E-state index contributed by atoms with van der Waals surface area (Å²) >= 11 is 5.94. The Morgan fingerprint density at radius 2 is 2.06 bits per heavy atom. The van der Waals surface area contributed by atoms with Crippen LogP contribution in [0.25, 0.3) is 0 Å². The van der Waals surface area contributed by atoms with E-state index in [1.165, 1.54) is 0 Å². The third-order valence-corrected chi connectivity index (χ3v) is 2.87. The van der Waals surface area contributed by atoms with E-state index in [1.54, 1.807) is 13.2 Å². The fourth-order valence-electron chi connectivity index (χ4n) is 1.17. The van der Waals surface area contributed by atoms with E-state index in [0.717, 1.165) is 5.82 Å². The maximum Gasteiger partial charge on any atom is 0.158 e. The number of aromatic nitrogens is 2. The Kier molecular flexibility index (Phi) is 4.71. The van der Waals surface area contributed by atoms with Gasteiger partial charge in [0.05, 0.1) is 0 Å². The second-order valence-electron chi connectivity index (χ2n) is 5.16. The fraction of sp³-hybridized carbons (Fsp3) is 0.667. The zero-order chi connectivity index (χ0) is 13.1. The fourth-order valence-corrected chi connectivity index (χ4v) is 1.37. The average molecular weight is 258 g/mol. The molecule has 1 aromatic heterocycles. The largest absolute Gasteiger partial charge is 0.377 e. The van der Waals surface area contributed by atoms with Crippen molar-refractivity contribution in [3.63, 3.8) is 0 Å². The molecule has 0 aliphatic heterocycles. The molecule has 1 unspecified atom stereocenters. The molecule has 0 fully saturated rings. The first kappa shape index (κ1) is 14.2. The Balaban J connectivity index is 2.84. The molecule has 1 atom stereocenters. The van der Waals surface area contributed by atoms with Crippen LogP contribution in [-0.4, -0.2) is 23.1 Å². The Bertz CT molecular complexity index is 377. The van der Waals surface area contributed by atoms with Gasteiger partial charge in [-0.05, 0) is 12.3 Å². The lowest BCUT2D eigenvalue weighted by Gasteiger charge is -2.28. The van der Waals surface area contributed by atoms with E-state index in [9.17, 15) is 0 Å². The van der Waals surface area contributed by atoms with Crippen molar-refractivity contribution >= 4 is 17.4 Å². The minimum Gasteiger partial charge on any atom is -0.377 e. The van der Waals surface area contributed by atoms with Gasteiger partial charge in [0.15, 0.2) is 5.82 Å². The second kappa shape index (κ2) is 5.65. The van der Waals surface area contributed by atoms with Gasteiger partial charge in [-0.1, -0.05) is 32.4 Å². The highest BCUT2D eigenvalue weighted by Gasteiger charge is 2.20. The lowest BCUT2D eigenvalue weighted by atomic mass is 9.88. The van der Waals surface area contributed by atoms with Gasteiger partial charge in [0, 0.05) is 19.2 Å². The van der Waals surface area contributed by atoms with Crippen LogP contribution in [0.5, 0.6) is 0 Å². The van der Waals surface area contributed by atoms with E-state index in [0.29, 0.717) is 17.6 Å². The van der Waals surface area contributed by atoms with Gasteiger partial charge in [0.2, 0.25) is 0 Å². The first-order valence-corrected chi connectivity index (χ1v) is 5.99. The average Bonchev–Trinajstić information content (AvgIpc) is 2.15. The molecule has 0 amide bonds. The Hall–Kier alpha value is -0.870. The zero-order valence-corrected chi connectivity index (χ0v) is 11.8. The molecule has 1 rings (SSSR count). The van der Waals surface area contributed by atoms with Crippen LogP contribution >= 0.6 is 11.6 Å². The van der Waals surface area contributed by atoms with Crippen molar-refractivity contribution in [2.45, 2.75) is 40.3 Å². The van der Waals surface area contributed by atoms with Crippen LogP contribution in [0.3, 0.4) is 0 Å². The molecule has 1 aromatic rings. The quantitative estimate of drug-likeness (QED) is 0.842. The monoisotopic (exact) mass is 257 g/mol. The van der Waals surface area contributed by atoms with Crippen LogP contribution in [0, 0.1) is 5.41 Å². The molecule has 1 heterocycles. The number of methoxy groups -OCH3 is 1. The maximum absolute atomic E-state index is 5.94. The highest BCUT2D eigenvalue weighted by atomic mass is 35.5. The molecule has 96 valence electrons. The van der Waals surface area contributed by atoms with E-state index in [-0.39, 0.29) is 11.5 Å². The third-order valence-electron chi connectivity index (χ3n) is 2.68. The molecule has 0 aromatic carbocycles. The molecule has 0 spiro atoms. The summed E-state index contributed by atoms with van der Waals surface area (Å²) in [5.41, 5.74) is 0.152. The highest BCUT2D eigenvalue weighted by Crippen LogP contribution is 2.22. The number of nitrogens with zero attached hydrogens (tertiary/aromatic N) is 2. The van der Waals surface area contributed by atoms with Gasteiger partial charge >= 0.3 is 0 Å². The van der Waals surface area contributed by atoms with Crippen LogP contribution in [0.2, 0.25) is 5.15 Å². The van der Waals surface area contributed by atoms with Crippen LogP contribution in [0.15, 0.2) is 6.07 Å². The van der Waals surface area contributed by atoms with Crippen molar-refractivity contribution in [2.75, 3.05) is 12.4 Å². The number of nitrogens with one attached hydrogen (secondary N) is 1. The summed E-state index contributed by atoms with van der Waals surface area (Å²) in [6.45, 7) is 8.99. The normalized spacial score (nSPS) is 13.5. The molecule has 0 aliphatic carbocycles. The molecule has 5 heteroatoms. The van der Waals surface area contributed by atoms with Crippen LogP contribution in [-0.2, 0) is 11.3 Å². The lowest BCUT2D eigenvalue weighted by Crippen LogP contribution is -2.31. The van der Waals surface area contributed by atoms with Crippen LogP contribution in [0.1, 0.15) is 33.5 Å². The van der Waals surface area contributed by atoms with Crippen molar-refractivity contribution < 1.29 is 4.74 Å². The molecule has 17 heavy (non-hydrogen) atoms. The first-order valence-electron chi connectivity index (χ1n) is 5.62. The molecule has 0 bridgehead atoms. The van der Waals surface area contributed by atoms with E-state index in [4.69, 9.17) is 16.3 Å². The standard InChI is InChI=1S/C12H20ClN3O/c1-8(12(2,3)4)14-10-6-9(13)15-11(16-10)7-17-5/h6,8H,7H2,1-5H3,(H,14,15,16). The summed E-state index contributed by atoms with van der Waals surface area (Å²) in [7, 11) is 1.61. The molecule has 1 N–H and O–H groups in total. The molecule has 0 saturated carbocycles. The number of ether oxygens (including phenoxy) is 1. The van der Waals surface area contributed by atoms with Gasteiger partial charge < -0.3 is 10.1 Å². The minimum atomic E-state index is 0.152. The smallest absolute Gasteiger partial charge is 0.158 e. The van der Waals surface area contributed by atoms with Crippen molar-refractivity contribution in [3.05, 3.63) is 17.0 Å². The first-order chi connectivity index (χ1) is 7.82. The summed E-state index contributed by atoms with van der Waals surface area (Å²) < 4.78 is 5.00. The number of rotatable bonds is 4. The molecule has 4 nitrogen and oxygen atoms in total. The predicted octanol–water partition coefficient (Wildman–Crippen LogP) is 3.12. The Morgan fingerprint density at radius 1 is 1.41 bits per heavy atom. The van der Waals surface area contributed by atoms with Gasteiger partial charge in [0.1, 0.15) is 17.6 Å². The van der Waals surface area contributed by atoms with Crippen molar-refractivity contribution in [3.8, 4) is 0 Å². The number of halogens is 1. The molecular weight excluding hydrogens is 238 g/mol. The van der Waals surface area contributed by atoms with Crippen LogP contribution < -0.4 is 5.32 Å². The van der Waals surface area contributed by atoms with Gasteiger partial charge in [-0.25, -0.2) is 9.97 Å². The maximum atomic E-state index is 5.94. The van der Waals surface area contributed by atoms with E-state index >= 15 is 0 Å². The summed E-state index contributed by atoms with van der Waals surface area (Å²) in [6.07, 6.45) is 0. The van der Waals surface area contributed by atoms with Gasteiger partial charge in [0.25, 0.3) is 0 Å². The van der Waals surface area contributed by atoms with Gasteiger partial charge in [-0.3, -0.25) is 0 Å². The SMILES string of the molecule is COCc1nc(Cl)cc(NC(C)C(C)(C)C)n1. The predicted molar refractivity (Wildman–Crippen MR) is 70.3 cm³/mol. The number of hydrogen-bond donors (Lipinski definition) is 1.